The Labute approximate surface area is 164 Å². The minimum absolute atomic E-state index is 0.201. The highest BCUT2D eigenvalue weighted by Gasteiger charge is 2.08. The molecule has 4 aromatic rings. The normalized spacial score (nSPS) is 11.2. The van der Waals surface area contributed by atoms with Crippen molar-refractivity contribution in [3.8, 4) is 11.3 Å². The van der Waals surface area contributed by atoms with Crippen LogP contribution in [0.3, 0.4) is 0 Å². The number of aromatic amines is 1. The second kappa shape index (κ2) is 7.54. The highest BCUT2D eigenvalue weighted by molar-refractivity contribution is 6.30. The molecule has 0 aliphatic heterocycles. The summed E-state index contributed by atoms with van der Waals surface area (Å²) in [4.78, 5) is 27.0. The monoisotopic (exact) mass is 391 g/mol. The number of hydrogen-bond acceptors (Lipinski definition) is 4. The van der Waals surface area contributed by atoms with Gasteiger partial charge >= 0.3 is 0 Å². The van der Waals surface area contributed by atoms with Crippen molar-refractivity contribution in [2.45, 2.75) is 0 Å². The number of carbonyl (C=O) groups is 1. The van der Waals surface area contributed by atoms with Gasteiger partial charge in [0.25, 0.3) is 11.5 Å². The van der Waals surface area contributed by atoms with E-state index in [0.717, 1.165) is 16.5 Å². The van der Waals surface area contributed by atoms with Gasteiger partial charge in [0, 0.05) is 33.8 Å². The summed E-state index contributed by atoms with van der Waals surface area (Å²) in [7, 11) is 0. The Morgan fingerprint density at radius 2 is 1.89 bits per heavy atom. The molecule has 28 heavy (non-hydrogen) atoms. The number of nitrogens with zero attached hydrogens (tertiary/aromatic N) is 1. The van der Waals surface area contributed by atoms with Crippen molar-refractivity contribution in [3.05, 3.63) is 87.7 Å². The SMILES string of the molecule is O=C(/C=C/c1cc2ccccc2[nH]c1=O)Nc1cc(-c2ccc(Cl)cc2)no1. The number of nitrogens with one attached hydrogen (secondary N) is 2. The predicted octanol–water partition coefficient (Wildman–Crippen LogP) is 4.49. The minimum atomic E-state index is -0.439. The molecule has 6 nitrogen and oxygen atoms in total. The van der Waals surface area contributed by atoms with Crippen LogP contribution in [0.1, 0.15) is 5.56 Å². The number of benzene rings is 2. The van der Waals surface area contributed by atoms with E-state index in [1.165, 1.54) is 12.2 Å². The van der Waals surface area contributed by atoms with Crippen molar-refractivity contribution in [1.82, 2.24) is 10.1 Å². The third kappa shape index (κ3) is 3.87. The highest BCUT2D eigenvalue weighted by atomic mass is 35.5. The van der Waals surface area contributed by atoms with Crippen LogP contribution in [-0.4, -0.2) is 16.0 Å². The molecule has 2 N–H and O–H groups in total. The van der Waals surface area contributed by atoms with Crippen LogP contribution in [0.5, 0.6) is 0 Å². The van der Waals surface area contributed by atoms with Crippen LogP contribution < -0.4 is 10.9 Å². The van der Waals surface area contributed by atoms with E-state index in [1.54, 1.807) is 36.4 Å². The summed E-state index contributed by atoms with van der Waals surface area (Å²) in [5.41, 5.74) is 2.24. The zero-order chi connectivity index (χ0) is 19.5. The van der Waals surface area contributed by atoms with Crippen molar-refractivity contribution in [2.24, 2.45) is 0 Å². The van der Waals surface area contributed by atoms with Crippen molar-refractivity contribution >= 4 is 40.4 Å². The number of aromatic nitrogens is 2. The van der Waals surface area contributed by atoms with E-state index in [0.29, 0.717) is 16.3 Å². The molecule has 0 fully saturated rings. The van der Waals surface area contributed by atoms with Gasteiger partial charge in [-0.3, -0.25) is 14.9 Å². The van der Waals surface area contributed by atoms with Crippen LogP contribution >= 0.6 is 11.6 Å². The average molecular weight is 392 g/mol. The van der Waals surface area contributed by atoms with Gasteiger partial charge in [-0.15, -0.1) is 0 Å². The number of carbonyl (C=O) groups excluding carboxylic acids is 1. The molecule has 2 aromatic carbocycles. The van der Waals surface area contributed by atoms with Crippen molar-refractivity contribution < 1.29 is 9.32 Å². The fourth-order valence-corrected chi connectivity index (χ4v) is 2.83. The molecule has 138 valence electrons. The van der Waals surface area contributed by atoms with E-state index in [2.05, 4.69) is 15.5 Å². The smallest absolute Gasteiger partial charge is 0.255 e. The van der Waals surface area contributed by atoms with E-state index < -0.39 is 5.91 Å². The number of amides is 1. The Balaban J connectivity index is 1.48. The first-order chi connectivity index (χ1) is 13.6. The number of fused-ring (bicyclic) bond motifs is 1. The molecule has 0 atom stereocenters. The molecule has 1 amide bonds. The maximum atomic E-state index is 12.1. The molecular formula is C21H14ClN3O3. The second-order valence-corrected chi connectivity index (χ2v) is 6.48. The quantitative estimate of drug-likeness (QED) is 0.502. The number of rotatable bonds is 4. The summed E-state index contributed by atoms with van der Waals surface area (Å²) in [6, 6.07) is 17.9. The summed E-state index contributed by atoms with van der Waals surface area (Å²) in [6.07, 6.45) is 2.72. The molecule has 0 saturated carbocycles. The summed E-state index contributed by atoms with van der Waals surface area (Å²) < 4.78 is 5.14. The van der Waals surface area contributed by atoms with E-state index in [9.17, 15) is 9.59 Å². The van der Waals surface area contributed by atoms with Crippen LogP contribution in [0.25, 0.3) is 28.2 Å². The molecule has 2 aromatic heterocycles. The van der Waals surface area contributed by atoms with Gasteiger partial charge in [-0.1, -0.05) is 47.1 Å². The average Bonchev–Trinajstić information content (AvgIpc) is 3.15. The zero-order valence-corrected chi connectivity index (χ0v) is 15.2. The predicted molar refractivity (Wildman–Crippen MR) is 109 cm³/mol. The Kier molecular flexibility index (Phi) is 4.78. The number of hydrogen-bond donors (Lipinski definition) is 2. The van der Waals surface area contributed by atoms with E-state index in [-0.39, 0.29) is 11.4 Å². The Morgan fingerprint density at radius 1 is 1.11 bits per heavy atom. The Bertz CT molecular complexity index is 1240. The van der Waals surface area contributed by atoms with Gasteiger partial charge in [0.2, 0.25) is 5.88 Å². The maximum absolute atomic E-state index is 12.1. The van der Waals surface area contributed by atoms with Gasteiger partial charge in [-0.25, -0.2) is 0 Å². The molecule has 0 unspecified atom stereocenters. The third-order valence-electron chi connectivity index (χ3n) is 4.09. The lowest BCUT2D eigenvalue weighted by atomic mass is 10.1. The minimum Gasteiger partial charge on any atom is -0.338 e. The summed E-state index contributed by atoms with van der Waals surface area (Å²) >= 11 is 5.87. The van der Waals surface area contributed by atoms with Gasteiger partial charge in [0.15, 0.2) is 0 Å². The zero-order valence-electron chi connectivity index (χ0n) is 14.5. The molecule has 4 rings (SSSR count). The van der Waals surface area contributed by atoms with Crippen molar-refractivity contribution in [1.29, 1.82) is 0 Å². The summed E-state index contributed by atoms with van der Waals surface area (Å²) in [5.74, 6) is -0.238. The van der Waals surface area contributed by atoms with Gasteiger partial charge in [-0.05, 0) is 35.7 Å². The lowest BCUT2D eigenvalue weighted by molar-refractivity contribution is -0.112. The Morgan fingerprint density at radius 3 is 2.71 bits per heavy atom. The van der Waals surface area contributed by atoms with Gasteiger partial charge in [0.05, 0.1) is 0 Å². The van der Waals surface area contributed by atoms with E-state index in [1.807, 2.05) is 24.3 Å². The number of para-hydroxylation sites is 1. The van der Waals surface area contributed by atoms with Crippen LogP contribution in [0.4, 0.5) is 5.88 Å². The highest BCUT2D eigenvalue weighted by Crippen LogP contribution is 2.23. The second-order valence-electron chi connectivity index (χ2n) is 6.05. The first-order valence-electron chi connectivity index (χ1n) is 8.42. The standard InChI is InChI=1S/C21H14ClN3O3/c22-16-8-5-13(6-9-16)18-12-20(28-25-18)24-19(26)10-7-15-11-14-3-1-2-4-17(14)23-21(15)27/h1-12H,(H,23,27)(H,24,26)/b10-7+. The van der Waals surface area contributed by atoms with Crippen molar-refractivity contribution in [3.63, 3.8) is 0 Å². The van der Waals surface area contributed by atoms with Crippen LogP contribution in [0.2, 0.25) is 5.02 Å². The number of pyridine rings is 1. The molecule has 0 aliphatic carbocycles. The van der Waals surface area contributed by atoms with Crippen molar-refractivity contribution in [2.75, 3.05) is 5.32 Å². The van der Waals surface area contributed by atoms with Crippen LogP contribution in [0.15, 0.2) is 76.1 Å². The molecule has 7 heteroatoms. The number of H-pyrrole nitrogens is 1. The lowest BCUT2D eigenvalue weighted by Gasteiger charge is -1.99. The fraction of sp³-hybridized carbons (Fsp3) is 0. The molecule has 0 bridgehead atoms. The molecular weight excluding hydrogens is 378 g/mol. The van der Waals surface area contributed by atoms with Crippen LogP contribution in [-0.2, 0) is 4.79 Å². The molecule has 0 aliphatic rings. The first kappa shape index (κ1) is 17.8. The van der Waals surface area contributed by atoms with Gasteiger partial charge in [-0.2, -0.15) is 0 Å². The lowest BCUT2D eigenvalue weighted by Crippen LogP contribution is -2.10. The summed E-state index contributed by atoms with van der Waals surface area (Å²) in [5, 5.41) is 8.00. The van der Waals surface area contributed by atoms with Gasteiger partial charge in [0.1, 0.15) is 5.69 Å². The van der Waals surface area contributed by atoms with Crippen LogP contribution in [0, 0.1) is 0 Å². The first-order valence-corrected chi connectivity index (χ1v) is 8.80. The molecule has 0 saturated heterocycles. The molecule has 0 radical (unpaired) electrons. The van der Waals surface area contributed by atoms with Gasteiger partial charge < -0.3 is 9.51 Å². The molecule has 2 heterocycles. The van der Waals surface area contributed by atoms with E-state index >= 15 is 0 Å². The third-order valence-corrected chi connectivity index (χ3v) is 4.34. The fourth-order valence-electron chi connectivity index (χ4n) is 2.71. The maximum Gasteiger partial charge on any atom is 0.255 e. The molecule has 0 spiro atoms. The number of anilines is 1. The number of halogens is 1. The topological polar surface area (TPSA) is 88.0 Å². The largest absolute Gasteiger partial charge is 0.338 e. The summed E-state index contributed by atoms with van der Waals surface area (Å²) in [6.45, 7) is 0. The Hall–Kier alpha value is -3.64. The van der Waals surface area contributed by atoms with E-state index in [4.69, 9.17) is 16.1 Å².